The molecule has 0 aliphatic heterocycles. The van der Waals surface area contributed by atoms with Gasteiger partial charge >= 0.3 is 0 Å². The molecule has 0 bridgehead atoms. The molecule has 0 unspecified atom stereocenters. The summed E-state index contributed by atoms with van der Waals surface area (Å²) in [6.45, 7) is 1.02. The highest BCUT2D eigenvalue weighted by atomic mass is 32.2. The molecule has 0 aliphatic rings. The second-order valence-corrected chi connectivity index (χ2v) is 6.19. The summed E-state index contributed by atoms with van der Waals surface area (Å²) < 4.78 is 31.3. The van der Waals surface area contributed by atoms with E-state index >= 15 is 0 Å². The van der Waals surface area contributed by atoms with Crippen LogP contribution < -0.4 is 10.5 Å². The quantitative estimate of drug-likeness (QED) is 0.553. The van der Waals surface area contributed by atoms with E-state index in [-0.39, 0.29) is 9.88 Å². The van der Waals surface area contributed by atoms with Crippen molar-refractivity contribution in [2.45, 2.75) is 17.7 Å². The molecule has 0 heterocycles. The predicted molar refractivity (Wildman–Crippen MR) is 78.6 cm³/mol. The van der Waals surface area contributed by atoms with Gasteiger partial charge in [0, 0.05) is 25.8 Å². The van der Waals surface area contributed by atoms with E-state index < -0.39 is 10.0 Å². The molecule has 0 aromatic heterocycles. The number of unbranched alkanes of at least 4 members (excludes halogenated alkanes) is 1. The molecule has 0 saturated heterocycles. The first kappa shape index (κ1) is 16.0. The third-order valence-corrected chi connectivity index (χ3v) is 4.23. The van der Waals surface area contributed by atoms with Crippen LogP contribution in [-0.4, -0.2) is 33.7 Å². The highest BCUT2D eigenvalue weighted by Gasteiger charge is 2.12. The number of methoxy groups -OCH3 is 1. The molecule has 0 saturated carbocycles. The standard InChI is InChI=1S/C12H18N2O3S2/c1-17-9-3-2-8-14-19(15,16)11-6-4-10(5-7-11)12(13)18/h4-7,14H,2-3,8-9H2,1H3,(H2,13,18). The lowest BCUT2D eigenvalue weighted by Crippen LogP contribution is -2.25. The molecule has 5 nitrogen and oxygen atoms in total. The number of nitrogens with two attached hydrogens (primary N) is 1. The van der Waals surface area contributed by atoms with Crippen molar-refractivity contribution < 1.29 is 13.2 Å². The van der Waals surface area contributed by atoms with Crippen LogP contribution in [0.15, 0.2) is 29.2 Å². The third-order valence-electron chi connectivity index (χ3n) is 2.52. The summed E-state index contributed by atoms with van der Waals surface area (Å²) in [6, 6.07) is 6.18. The minimum absolute atomic E-state index is 0.208. The van der Waals surface area contributed by atoms with Gasteiger partial charge in [0.05, 0.1) is 4.90 Å². The Morgan fingerprint density at radius 2 is 1.95 bits per heavy atom. The molecule has 19 heavy (non-hydrogen) atoms. The number of hydrogen-bond donors (Lipinski definition) is 2. The molecule has 0 amide bonds. The summed E-state index contributed by atoms with van der Waals surface area (Å²) in [5.41, 5.74) is 6.10. The number of rotatable bonds is 8. The first-order chi connectivity index (χ1) is 8.97. The van der Waals surface area contributed by atoms with Crippen LogP contribution in [0.5, 0.6) is 0 Å². The molecule has 0 spiro atoms. The lowest BCUT2D eigenvalue weighted by molar-refractivity contribution is 0.193. The van der Waals surface area contributed by atoms with Gasteiger partial charge in [-0.1, -0.05) is 24.4 Å². The molecule has 1 rings (SSSR count). The summed E-state index contributed by atoms with van der Waals surface area (Å²) in [4.78, 5) is 0.454. The number of benzene rings is 1. The van der Waals surface area contributed by atoms with E-state index in [4.69, 9.17) is 22.7 Å². The van der Waals surface area contributed by atoms with E-state index in [1.54, 1.807) is 19.2 Å². The SMILES string of the molecule is COCCCCNS(=O)(=O)c1ccc(C(N)=S)cc1. The average Bonchev–Trinajstić information content (AvgIpc) is 2.38. The molecule has 0 fully saturated rings. The summed E-state index contributed by atoms with van der Waals surface area (Å²) in [5, 5.41) is 0. The average molecular weight is 302 g/mol. The van der Waals surface area contributed by atoms with E-state index in [2.05, 4.69) is 4.72 Å². The van der Waals surface area contributed by atoms with Crippen LogP contribution in [0, 0.1) is 0 Å². The Morgan fingerprint density at radius 3 is 2.47 bits per heavy atom. The van der Waals surface area contributed by atoms with Crippen LogP contribution >= 0.6 is 12.2 Å². The summed E-state index contributed by atoms with van der Waals surface area (Å²) in [7, 11) is -1.85. The number of thiocarbonyl (C=S) groups is 1. The van der Waals surface area contributed by atoms with Gasteiger partial charge in [-0.3, -0.25) is 0 Å². The Labute approximate surface area is 119 Å². The summed E-state index contributed by atoms with van der Waals surface area (Å²) >= 11 is 4.81. The number of nitrogens with one attached hydrogen (secondary N) is 1. The molecule has 0 radical (unpaired) electrons. The van der Waals surface area contributed by atoms with E-state index in [1.165, 1.54) is 12.1 Å². The third kappa shape index (κ3) is 5.23. The molecule has 0 aliphatic carbocycles. The van der Waals surface area contributed by atoms with Crippen LogP contribution in [0.3, 0.4) is 0 Å². The topological polar surface area (TPSA) is 81.4 Å². The van der Waals surface area contributed by atoms with E-state index in [1.807, 2.05) is 0 Å². The largest absolute Gasteiger partial charge is 0.389 e. The van der Waals surface area contributed by atoms with Crippen molar-refractivity contribution in [1.29, 1.82) is 0 Å². The highest BCUT2D eigenvalue weighted by molar-refractivity contribution is 7.89. The zero-order valence-electron chi connectivity index (χ0n) is 10.8. The zero-order valence-corrected chi connectivity index (χ0v) is 12.4. The Balaban J connectivity index is 2.59. The second-order valence-electron chi connectivity index (χ2n) is 3.99. The molecule has 3 N–H and O–H groups in total. The number of sulfonamides is 1. The predicted octanol–water partition coefficient (Wildman–Crippen LogP) is 1.03. The van der Waals surface area contributed by atoms with Crippen molar-refractivity contribution in [3.8, 4) is 0 Å². The molecule has 106 valence electrons. The lowest BCUT2D eigenvalue weighted by Gasteiger charge is -2.07. The van der Waals surface area contributed by atoms with Crippen molar-refractivity contribution in [3.63, 3.8) is 0 Å². The van der Waals surface area contributed by atoms with Crippen molar-refractivity contribution in [2.75, 3.05) is 20.3 Å². The zero-order chi connectivity index (χ0) is 14.3. The van der Waals surface area contributed by atoms with Crippen LogP contribution in [0.1, 0.15) is 18.4 Å². The van der Waals surface area contributed by atoms with Crippen LogP contribution in [0.4, 0.5) is 0 Å². The fourth-order valence-corrected chi connectivity index (χ4v) is 2.67. The van der Waals surface area contributed by atoms with Crippen molar-refractivity contribution in [2.24, 2.45) is 5.73 Å². The van der Waals surface area contributed by atoms with Crippen molar-refractivity contribution in [3.05, 3.63) is 29.8 Å². The maximum absolute atomic E-state index is 11.9. The Bertz CT molecular complexity index is 512. The van der Waals surface area contributed by atoms with Crippen LogP contribution in [0.2, 0.25) is 0 Å². The van der Waals surface area contributed by atoms with Gasteiger partial charge in [-0.15, -0.1) is 0 Å². The fourth-order valence-electron chi connectivity index (χ4n) is 1.46. The van der Waals surface area contributed by atoms with E-state index in [9.17, 15) is 8.42 Å². The first-order valence-electron chi connectivity index (χ1n) is 5.86. The van der Waals surface area contributed by atoms with E-state index in [0.717, 1.165) is 12.8 Å². The molecule has 7 heteroatoms. The fraction of sp³-hybridized carbons (Fsp3) is 0.417. The molecular weight excluding hydrogens is 284 g/mol. The molecule has 1 aromatic carbocycles. The summed E-state index contributed by atoms with van der Waals surface area (Å²) in [5.74, 6) is 0. The molecule has 1 aromatic rings. The van der Waals surface area contributed by atoms with Crippen LogP contribution in [-0.2, 0) is 14.8 Å². The number of ether oxygens (including phenoxy) is 1. The Morgan fingerprint density at radius 1 is 1.32 bits per heavy atom. The van der Waals surface area contributed by atoms with Crippen molar-refractivity contribution in [1.82, 2.24) is 4.72 Å². The van der Waals surface area contributed by atoms with Gasteiger partial charge in [0.25, 0.3) is 0 Å². The smallest absolute Gasteiger partial charge is 0.240 e. The minimum atomic E-state index is -3.46. The summed E-state index contributed by atoms with van der Waals surface area (Å²) in [6.07, 6.45) is 1.55. The minimum Gasteiger partial charge on any atom is -0.389 e. The van der Waals surface area contributed by atoms with Gasteiger partial charge in [0.2, 0.25) is 10.0 Å². The van der Waals surface area contributed by atoms with Crippen LogP contribution in [0.25, 0.3) is 0 Å². The van der Waals surface area contributed by atoms with Gasteiger partial charge in [0.1, 0.15) is 4.99 Å². The molecule has 0 atom stereocenters. The van der Waals surface area contributed by atoms with Gasteiger partial charge in [-0.05, 0) is 25.0 Å². The number of hydrogen-bond acceptors (Lipinski definition) is 4. The monoisotopic (exact) mass is 302 g/mol. The van der Waals surface area contributed by atoms with Gasteiger partial charge in [-0.2, -0.15) is 0 Å². The maximum Gasteiger partial charge on any atom is 0.240 e. The van der Waals surface area contributed by atoms with Crippen molar-refractivity contribution >= 4 is 27.2 Å². The normalized spacial score (nSPS) is 11.4. The molecular formula is C12H18N2O3S2. The highest BCUT2D eigenvalue weighted by Crippen LogP contribution is 2.10. The van der Waals surface area contributed by atoms with Gasteiger partial charge in [-0.25, -0.2) is 13.1 Å². The lowest BCUT2D eigenvalue weighted by atomic mass is 10.2. The second kappa shape index (κ2) is 7.54. The van der Waals surface area contributed by atoms with Gasteiger partial charge in [0.15, 0.2) is 0 Å². The maximum atomic E-state index is 11.9. The first-order valence-corrected chi connectivity index (χ1v) is 7.75. The van der Waals surface area contributed by atoms with E-state index in [0.29, 0.717) is 18.7 Å². The van der Waals surface area contributed by atoms with Gasteiger partial charge < -0.3 is 10.5 Å². The Hall–Kier alpha value is -1.02. The Kier molecular flexibility index (Phi) is 6.36.